The molecule has 3 aromatic rings. The van der Waals surface area contributed by atoms with Crippen LogP contribution >= 0.6 is 0 Å². The number of pyridine rings is 1. The number of nitrogens with zero attached hydrogens (tertiary/aromatic N) is 2. The Labute approximate surface area is 177 Å². The molecule has 3 aromatic heterocycles. The van der Waals surface area contributed by atoms with Gasteiger partial charge in [0, 0.05) is 12.4 Å². The molecule has 0 aliphatic carbocycles. The third kappa shape index (κ3) is 4.63. The van der Waals surface area contributed by atoms with E-state index in [0.29, 0.717) is 5.65 Å². The lowest BCUT2D eigenvalue weighted by atomic mass is 10.1. The lowest BCUT2D eigenvalue weighted by Crippen LogP contribution is -2.22. The van der Waals surface area contributed by atoms with Crippen molar-refractivity contribution in [3.63, 3.8) is 0 Å². The number of furan rings is 1. The second-order valence-corrected chi connectivity index (χ2v) is 6.73. The molecule has 0 unspecified atom stereocenters. The zero-order valence-corrected chi connectivity index (χ0v) is 17.5. The summed E-state index contributed by atoms with van der Waals surface area (Å²) in [5.74, 6) is -2.87. The maximum Gasteiger partial charge on any atom is 0.359 e. The Bertz CT molecular complexity index is 1190. The first kappa shape index (κ1) is 21.8. The third-order valence-electron chi connectivity index (χ3n) is 4.33. The van der Waals surface area contributed by atoms with E-state index in [2.05, 4.69) is 10.3 Å². The van der Waals surface area contributed by atoms with Crippen LogP contribution in [0.1, 0.15) is 56.4 Å². The van der Waals surface area contributed by atoms with Gasteiger partial charge in [0.1, 0.15) is 17.0 Å². The summed E-state index contributed by atoms with van der Waals surface area (Å²) < 4.78 is 17.0. The molecule has 1 N–H and O–H groups in total. The molecule has 3 rings (SSSR count). The van der Waals surface area contributed by atoms with Crippen molar-refractivity contribution in [1.82, 2.24) is 9.38 Å². The Morgan fingerprint density at radius 2 is 1.87 bits per heavy atom. The number of imidazole rings is 1. The van der Waals surface area contributed by atoms with Gasteiger partial charge in [-0.05, 0) is 45.4 Å². The van der Waals surface area contributed by atoms with E-state index in [1.165, 1.54) is 20.0 Å². The smallest absolute Gasteiger partial charge is 0.359 e. The fraction of sp³-hybridized carbons (Fsp3) is 0.286. The molecule has 10 heteroatoms. The molecule has 0 saturated carbocycles. The Kier molecular flexibility index (Phi) is 6.19. The van der Waals surface area contributed by atoms with E-state index < -0.39 is 30.2 Å². The minimum Gasteiger partial charge on any atom is -0.462 e. The zero-order chi connectivity index (χ0) is 22.7. The predicted molar refractivity (Wildman–Crippen MR) is 108 cm³/mol. The molecule has 0 atom stereocenters. The Balaban J connectivity index is 1.71. The van der Waals surface area contributed by atoms with Crippen molar-refractivity contribution in [3.8, 4) is 0 Å². The van der Waals surface area contributed by atoms with E-state index >= 15 is 0 Å². The molecule has 0 saturated heterocycles. The highest BCUT2D eigenvalue weighted by Crippen LogP contribution is 2.28. The minimum atomic E-state index is -0.808. The molecule has 0 fully saturated rings. The summed E-state index contributed by atoms with van der Waals surface area (Å²) in [5, 5.41) is 2.35. The van der Waals surface area contributed by atoms with Gasteiger partial charge in [0.2, 0.25) is 5.88 Å². The molecule has 0 aliphatic heterocycles. The van der Waals surface area contributed by atoms with Crippen molar-refractivity contribution in [1.29, 1.82) is 0 Å². The van der Waals surface area contributed by atoms with Gasteiger partial charge >= 0.3 is 11.9 Å². The SMILES string of the molecule is CCOC(=O)c1c(NC(=O)COC(=O)c2cn3ccc(C)cc3n2)oc(C)c1C(C)=O. The highest BCUT2D eigenvalue weighted by Gasteiger charge is 2.29. The van der Waals surface area contributed by atoms with Crippen LogP contribution in [0.25, 0.3) is 5.65 Å². The van der Waals surface area contributed by atoms with Crippen LogP contribution < -0.4 is 5.32 Å². The van der Waals surface area contributed by atoms with E-state index in [4.69, 9.17) is 13.9 Å². The van der Waals surface area contributed by atoms with Gasteiger partial charge in [-0.2, -0.15) is 0 Å². The molecule has 0 radical (unpaired) electrons. The second-order valence-electron chi connectivity index (χ2n) is 6.73. The summed E-state index contributed by atoms with van der Waals surface area (Å²) >= 11 is 0. The number of hydrogen-bond donors (Lipinski definition) is 1. The van der Waals surface area contributed by atoms with Crippen molar-refractivity contribution in [2.24, 2.45) is 0 Å². The fourth-order valence-corrected chi connectivity index (χ4v) is 3.00. The van der Waals surface area contributed by atoms with Crippen LogP contribution in [-0.4, -0.2) is 46.2 Å². The number of rotatable bonds is 7. The number of amides is 1. The summed E-state index contributed by atoms with van der Waals surface area (Å²) in [6.07, 6.45) is 3.24. The third-order valence-corrected chi connectivity index (χ3v) is 4.33. The van der Waals surface area contributed by atoms with Crippen molar-refractivity contribution in [2.75, 3.05) is 18.5 Å². The number of fused-ring (bicyclic) bond motifs is 1. The molecule has 0 bridgehead atoms. The molecule has 162 valence electrons. The second kappa shape index (κ2) is 8.82. The van der Waals surface area contributed by atoms with Gasteiger partial charge in [-0.3, -0.25) is 14.9 Å². The van der Waals surface area contributed by atoms with Crippen molar-refractivity contribution in [3.05, 3.63) is 52.7 Å². The van der Waals surface area contributed by atoms with Crippen molar-refractivity contribution >= 4 is 35.2 Å². The number of anilines is 1. The quantitative estimate of drug-likeness (QED) is 0.450. The van der Waals surface area contributed by atoms with E-state index in [0.717, 1.165) is 5.56 Å². The number of nitrogens with one attached hydrogen (secondary N) is 1. The van der Waals surface area contributed by atoms with E-state index in [9.17, 15) is 19.2 Å². The normalized spacial score (nSPS) is 10.7. The van der Waals surface area contributed by atoms with Crippen LogP contribution in [0.4, 0.5) is 5.88 Å². The lowest BCUT2D eigenvalue weighted by Gasteiger charge is -2.06. The Morgan fingerprint density at radius 1 is 1.13 bits per heavy atom. The van der Waals surface area contributed by atoms with Gasteiger partial charge in [-0.15, -0.1) is 0 Å². The van der Waals surface area contributed by atoms with Gasteiger partial charge < -0.3 is 18.3 Å². The first-order valence-electron chi connectivity index (χ1n) is 9.45. The monoisotopic (exact) mass is 427 g/mol. The van der Waals surface area contributed by atoms with Crippen molar-refractivity contribution in [2.45, 2.75) is 27.7 Å². The number of hydrogen-bond acceptors (Lipinski definition) is 8. The minimum absolute atomic E-state index is 0.0192. The summed E-state index contributed by atoms with van der Waals surface area (Å²) in [6.45, 7) is 5.68. The number of aromatic nitrogens is 2. The number of carbonyl (C=O) groups excluding carboxylic acids is 4. The van der Waals surface area contributed by atoms with Gasteiger partial charge in [-0.25, -0.2) is 14.6 Å². The van der Waals surface area contributed by atoms with Crippen molar-refractivity contribution < 1.29 is 33.1 Å². The molecule has 0 aliphatic rings. The highest BCUT2D eigenvalue weighted by molar-refractivity contribution is 6.10. The number of Topliss-reactive ketones (excluding diaryl/α,β-unsaturated/α-hetero) is 1. The summed E-state index contributed by atoms with van der Waals surface area (Å²) in [5.41, 5.74) is 1.43. The van der Waals surface area contributed by atoms with Gasteiger partial charge in [0.05, 0.1) is 12.2 Å². The topological polar surface area (TPSA) is 129 Å². The molecule has 0 spiro atoms. The first-order chi connectivity index (χ1) is 14.7. The number of carbonyl (C=O) groups is 4. The maximum absolute atomic E-state index is 12.3. The van der Waals surface area contributed by atoms with Gasteiger partial charge in [0.25, 0.3) is 5.91 Å². The standard InChI is InChI=1S/C21H21N3O7/c1-5-29-21(28)18-17(12(3)25)13(4)31-19(18)23-16(26)10-30-20(27)14-9-24-7-6-11(2)8-15(24)22-14/h6-9H,5,10H2,1-4H3,(H,23,26). The molecule has 0 aromatic carbocycles. The summed E-state index contributed by atoms with van der Waals surface area (Å²) in [4.78, 5) is 52.9. The average Bonchev–Trinajstić information content (AvgIpc) is 3.26. The van der Waals surface area contributed by atoms with Crippen LogP contribution in [0.5, 0.6) is 0 Å². The van der Waals surface area contributed by atoms with Crippen LogP contribution in [0.3, 0.4) is 0 Å². The first-order valence-corrected chi connectivity index (χ1v) is 9.45. The number of aryl methyl sites for hydroxylation is 2. The number of ether oxygens (including phenoxy) is 2. The molecule has 3 heterocycles. The van der Waals surface area contributed by atoms with E-state index in [1.807, 2.05) is 13.0 Å². The maximum atomic E-state index is 12.3. The number of esters is 2. The molecular formula is C21H21N3O7. The lowest BCUT2D eigenvalue weighted by molar-refractivity contribution is -0.119. The van der Waals surface area contributed by atoms with Crippen LogP contribution in [0.15, 0.2) is 28.9 Å². The highest BCUT2D eigenvalue weighted by atomic mass is 16.5. The molecular weight excluding hydrogens is 406 g/mol. The van der Waals surface area contributed by atoms with Gasteiger partial charge in [-0.1, -0.05) is 0 Å². The Hall–Kier alpha value is -3.95. The average molecular weight is 427 g/mol. The molecule has 31 heavy (non-hydrogen) atoms. The Morgan fingerprint density at radius 3 is 2.55 bits per heavy atom. The predicted octanol–water partition coefficient (Wildman–Crippen LogP) is 2.72. The zero-order valence-electron chi connectivity index (χ0n) is 17.5. The van der Waals surface area contributed by atoms with Crippen LogP contribution in [-0.2, 0) is 14.3 Å². The van der Waals surface area contributed by atoms with Crippen LogP contribution in [0, 0.1) is 13.8 Å². The number of ketones is 1. The molecule has 10 nitrogen and oxygen atoms in total. The molecule has 1 amide bonds. The summed E-state index contributed by atoms with van der Waals surface area (Å²) in [7, 11) is 0. The summed E-state index contributed by atoms with van der Waals surface area (Å²) in [6, 6.07) is 3.66. The van der Waals surface area contributed by atoms with E-state index in [-0.39, 0.29) is 35.1 Å². The largest absolute Gasteiger partial charge is 0.462 e. The van der Waals surface area contributed by atoms with Crippen LogP contribution in [0.2, 0.25) is 0 Å². The van der Waals surface area contributed by atoms with Gasteiger partial charge in [0.15, 0.2) is 18.1 Å². The van der Waals surface area contributed by atoms with E-state index in [1.54, 1.807) is 23.6 Å². The fourth-order valence-electron chi connectivity index (χ4n) is 3.00.